The van der Waals surface area contributed by atoms with Crippen LogP contribution in [0.25, 0.3) is 0 Å². The molecule has 3 heterocycles. The Labute approximate surface area is 182 Å². The molecular formula is C22H32N5O4-. The highest BCUT2D eigenvalue weighted by atomic mass is 16.5. The molecule has 0 aromatic carbocycles. The second-order valence-electron chi connectivity index (χ2n) is 9.01. The van der Waals surface area contributed by atoms with Crippen LogP contribution >= 0.6 is 0 Å². The van der Waals surface area contributed by atoms with Gasteiger partial charge in [0.25, 0.3) is 0 Å². The minimum absolute atomic E-state index is 0.0394. The van der Waals surface area contributed by atoms with E-state index < -0.39 is 5.97 Å². The Kier molecular flexibility index (Phi) is 7.16. The summed E-state index contributed by atoms with van der Waals surface area (Å²) in [6.45, 7) is 3.36. The van der Waals surface area contributed by atoms with Crippen molar-refractivity contribution in [2.75, 3.05) is 26.7 Å². The number of aromatic carboxylic acids is 1. The quantitative estimate of drug-likeness (QED) is 0.527. The third-order valence-electron chi connectivity index (χ3n) is 7.03. The van der Waals surface area contributed by atoms with Crippen LogP contribution < -0.4 is 21.3 Å². The van der Waals surface area contributed by atoms with Crippen molar-refractivity contribution >= 4 is 11.9 Å². The Morgan fingerprint density at radius 1 is 1.23 bits per heavy atom. The van der Waals surface area contributed by atoms with E-state index in [0.717, 1.165) is 57.3 Å². The van der Waals surface area contributed by atoms with Gasteiger partial charge in [0.1, 0.15) is 6.04 Å². The monoisotopic (exact) mass is 430 g/mol. The Hall–Kier alpha value is -2.07. The molecule has 0 bridgehead atoms. The number of likely N-dealkylation sites (tertiary alicyclic amines) is 1. The van der Waals surface area contributed by atoms with E-state index in [1.54, 1.807) is 19.4 Å². The molecule has 3 fully saturated rings. The summed E-state index contributed by atoms with van der Waals surface area (Å²) in [5.41, 5.74) is 7.45. The number of amides is 1. The van der Waals surface area contributed by atoms with Gasteiger partial charge < -0.3 is 20.0 Å². The summed E-state index contributed by atoms with van der Waals surface area (Å²) < 4.78 is 5.53. The zero-order valence-electron chi connectivity index (χ0n) is 18.0. The number of carbonyl (C=O) groups excluding carboxylic acids is 2. The summed E-state index contributed by atoms with van der Waals surface area (Å²) in [7, 11) is 1.75. The lowest BCUT2D eigenvalue weighted by molar-refractivity contribution is -0.255. The lowest BCUT2D eigenvalue weighted by Crippen LogP contribution is -2.48. The normalized spacial score (nSPS) is 29.5. The van der Waals surface area contributed by atoms with Crippen LogP contribution in [-0.4, -0.2) is 66.7 Å². The lowest BCUT2D eigenvalue weighted by Gasteiger charge is -2.33. The number of nitrogens with zero attached hydrogens (tertiary/aromatic N) is 2. The Bertz CT molecular complexity index is 766. The van der Waals surface area contributed by atoms with E-state index in [1.165, 1.54) is 6.07 Å². The fourth-order valence-corrected chi connectivity index (χ4v) is 5.09. The van der Waals surface area contributed by atoms with E-state index in [-0.39, 0.29) is 29.7 Å². The maximum Gasteiger partial charge on any atom is 0.238 e. The van der Waals surface area contributed by atoms with Gasteiger partial charge in [-0.3, -0.25) is 20.1 Å². The molecule has 2 saturated heterocycles. The summed E-state index contributed by atoms with van der Waals surface area (Å²) in [5, 5.41) is 14.0. The van der Waals surface area contributed by atoms with Crippen molar-refractivity contribution in [1.29, 1.82) is 0 Å². The highest BCUT2D eigenvalue weighted by Gasteiger charge is 2.43. The van der Waals surface area contributed by atoms with Gasteiger partial charge in [0.15, 0.2) is 0 Å². The highest BCUT2D eigenvalue weighted by Crippen LogP contribution is 2.31. The predicted octanol–water partition coefficient (Wildman–Crippen LogP) is -0.567. The molecule has 31 heavy (non-hydrogen) atoms. The predicted molar refractivity (Wildman–Crippen MR) is 112 cm³/mol. The van der Waals surface area contributed by atoms with Gasteiger partial charge in [0.05, 0.1) is 17.8 Å². The van der Waals surface area contributed by atoms with E-state index in [1.807, 2.05) is 0 Å². The Balaban J connectivity index is 1.19. The molecule has 4 rings (SSSR count). The van der Waals surface area contributed by atoms with Gasteiger partial charge in [-0.2, -0.15) is 0 Å². The summed E-state index contributed by atoms with van der Waals surface area (Å²) in [5.74, 6) is -0.423. The van der Waals surface area contributed by atoms with Gasteiger partial charge in [0.2, 0.25) is 5.91 Å². The fourth-order valence-electron chi connectivity index (χ4n) is 5.09. The van der Waals surface area contributed by atoms with Gasteiger partial charge in [-0.1, -0.05) is 6.07 Å². The Morgan fingerprint density at radius 3 is 2.71 bits per heavy atom. The second kappa shape index (κ2) is 10.0. The number of pyridine rings is 1. The van der Waals surface area contributed by atoms with Crippen LogP contribution in [0.5, 0.6) is 0 Å². The van der Waals surface area contributed by atoms with Gasteiger partial charge in [-0.05, 0) is 62.7 Å². The van der Waals surface area contributed by atoms with Crippen LogP contribution in [0, 0.1) is 11.8 Å². The number of rotatable bonds is 7. The van der Waals surface area contributed by atoms with Crippen molar-refractivity contribution in [1.82, 2.24) is 26.1 Å². The summed E-state index contributed by atoms with van der Waals surface area (Å²) in [6.07, 6.45) is 6.89. The minimum atomic E-state index is -1.25. The van der Waals surface area contributed by atoms with Gasteiger partial charge in [-0.25, -0.2) is 5.43 Å². The van der Waals surface area contributed by atoms with Crippen molar-refractivity contribution in [3.63, 3.8) is 0 Å². The summed E-state index contributed by atoms with van der Waals surface area (Å²) >= 11 is 0. The number of methoxy groups -OCH3 is 1. The summed E-state index contributed by atoms with van der Waals surface area (Å²) in [6, 6.07) is 3.44. The molecule has 1 aromatic rings. The average molecular weight is 431 g/mol. The maximum atomic E-state index is 12.8. The smallest absolute Gasteiger partial charge is 0.238 e. The molecule has 2 aliphatic heterocycles. The number of carboxylic acids is 1. The first-order chi connectivity index (χ1) is 15.0. The number of hydrazine groups is 1. The first kappa shape index (κ1) is 22.1. The standard InChI is InChI=1S/C22H33N5O4/c1-31-16-3-5-18-17(10-16)20(26-25-18)21(28)24-11-14-6-8-27(9-7-14)13-15-2-4-19(22(29)30)23-12-15/h2,4,12,14,16-18,20,25-26H,3,5-11,13H2,1H3,(H,24,28)(H,29,30)/p-1. The molecule has 0 radical (unpaired) electrons. The van der Waals surface area contributed by atoms with E-state index in [2.05, 4.69) is 26.1 Å². The highest BCUT2D eigenvalue weighted by molar-refractivity contribution is 5.83. The first-order valence-corrected chi connectivity index (χ1v) is 11.2. The molecule has 0 spiro atoms. The fraction of sp³-hybridized carbons (Fsp3) is 0.682. The number of carbonyl (C=O) groups is 2. The molecule has 1 amide bonds. The average Bonchev–Trinajstić information content (AvgIpc) is 3.22. The van der Waals surface area contributed by atoms with E-state index in [9.17, 15) is 14.7 Å². The molecule has 3 N–H and O–H groups in total. The molecule has 9 heteroatoms. The molecule has 4 atom stereocenters. The molecule has 9 nitrogen and oxygen atoms in total. The number of nitrogens with one attached hydrogen (secondary N) is 3. The molecule has 1 aliphatic carbocycles. The van der Waals surface area contributed by atoms with E-state index in [4.69, 9.17) is 4.74 Å². The van der Waals surface area contributed by atoms with Crippen LogP contribution in [0.2, 0.25) is 0 Å². The third kappa shape index (κ3) is 5.41. The SMILES string of the molecule is COC1CCC2NNC(C(=O)NCC3CCN(Cc4ccc(C(=O)[O-])nc4)CC3)C2C1. The van der Waals surface area contributed by atoms with Crippen molar-refractivity contribution < 1.29 is 19.4 Å². The van der Waals surface area contributed by atoms with Crippen LogP contribution in [0.3, 0.4) is 0 Å². The van der Waals surface area contributed by atoms with E-state index in [0.29, 0.717) is 18.5 Å². The van der Waals surface area contributed by atoms with Crippen LogP contribution in [-0.2, 0) is 16.1 Å². The van der Waals surface area contributed by atoms with Crippen LogP contribution in [0.1, 0.15) is 48.2 Å². The largest absolute Gasteiger partial charge is 0.543 e. The second-order valence-corrected chi connectivity index (χ2v) is 9.01. The lowest BCUT2D eigenvalue weighted by atomic mass is 9.80. The first-order valence-electron chi connectivity index (χ1n) is 11.2. The zero-order valence-corrected chi connectivity index (χ0v) is 18.0. The number of hydrogen-bond acceptors (Lipinski definition) is 8. The molecule has 170 valence electrons. The number of fused-ring (bicyclic) bond motifs is 1. The molecule has 1 saturated carbocycles. The van der Waals surface area contributed by atoms with Gasteiger partial charge in [-0.15, -0.1) is 0 Å². The zero-order chi connectivity index (χ0) is 21.8. The van der Waals surface area contributed by atoms with Crippen LogP contribution in [0.15, 0.2) is 18.3 Å². The van der Waals surface area contributed by atoms with E-state index >= 15 is 0 Å². The number of carboxylic acid groups (broad SMARTS) is 1. The Morgan fingerprint density at radius 2 is 2.03 bits per heavy atom. The van der Waals surface area contributed by atoms with Crippen molar-refractivity contribution in [3.05, 3.63) is 29.6 Å². The third-order valence-corrected chi connectivity index (χ3v) is 7.03. The molecule has 3 aliphatic rings. The van der Waals surface area contributed by atoms with Crippen molar-refractivity contribution in [2.24, 2.45) is 11.8 Å². The molecule has 4 unspecified atom stereocenters. The van der Waals surface area contributed by atoms with Gasteiger partial charge in [0, 0.05) is 38.4 Å². The van der Waals surface area contributed by atoms with Gasteiger partial charge >= 0.3 is 0 Å². The minimum Gasteiger partial charge on any atom is -0.543 e. The van der Waals surface area contributed by atoms with Crippen molar-refractivity contribution in [2.45, 2.75) is 56.8 Å². The number of piperidine rings is 1. The maximum absolute atomic E-state index is 12.8. The summed E-state index contributed by atoms with van der Waals surface area (Å²) in [4.78, 5) is 29.9. The van der Waals surface area contributed by atoms with Crippen LogP contribution in [0.4, 0.5) is 0 Å². The number of ether oxygens (including phenoxy) is 1. The number of hydrogen-bond donors (Lipinski definition) is 3. The molecular weight excluding hydrogens is 398 g/mol. The topological polar surface area (TPSA) is 119 Å². The molecule has 1 aromatic heterocycles. The number of aromatic nitrogens is 1. The van der Waals surface area contributed by atoms with Crippen molar-refractivity contribution in [3.8, 4) is 0 Å².